The van der Waals surface area contributed by atoms with Gasteiger partial charge >= 0.3 is 0 Å². The first-order valence-electron chi connectivity index (χ1n) is 9.04. The van der Waals surface area contributed by atoms with Crippen molar-refractivity contribution in [3.8, 4) is 5.75 Å². The Hall–Kier alpha value is -1.80. The average molecular weight is 513 g/mol. The van der Waals surface area contributed by atoms with Gasteiger partial charge in [-0.25, -0.2) is 5.01 Å². The maximum absolute atomic E-state index is 13.0. The minimum Gasteiger partial charge on any atom is -0.493 e. The molecule has 1 N–H and O–H groups in total. The van der Waals surface area contributed by atoms with Crippen LogP contribution in [0.15, 0.2) is 36.4 Å². The molecule has 0 radical (unpaired) electrons. The van der Waals surface area contributed by atoms with E-state index in [4.69, 9.17) is 16.3 Å². The van der Waals surface area contributed by atoms with Gasteiger partial charge in [-0.3, -0.25) is 15.0 Å². The Morgan fingerprint density at radius 2 is 1.82 bits per heavy atom. The highest BCUT2D eigenvalue weighted by molar-refractivity contribution is 14.1. The monoisotopic (exact) mass is 512 g/mol. The number of nitrogens with one attached hydrogen (secondary N) is 1. The predicted molar refractivity (Wildman–Crippen MR) is 118 cm³/mol. The summed E-state index contributed by atoms with van der Waals surface area (Å²) in [6.45, 7) is 6.23. The Labute approximate surface area is 183 Å². The van der Waals surface area contributed by atoms with Crippen LogP contribution in [0.1, 0.15) is 53.5 Å². The van der Waals surface area contributed by atoms with Gasteiger partial charge in [-0.05, 0) is 92.6 Å². The molecular weight excluding hydrogens is 491 g/mol. The van der Waals surface area contributed by atoms with Gasteiger partial charge in [0.25, 0.3) is 11.8 Å². The van der Waals surface area contributed by atoms with Crippen molar-refractivity contribution in [1.82, 2.24) is 10.4 Å². The summed E-state index contributed by atoms with van der Waals surface area (Å²) >= 11 is 8.67. The largest absolute Gasteiger partial charge is 0.493 e. The van der Waals surface area contributed by atoms with E-state index in [2.05, 4.69) is 28.0 Å². The van der Waals surface area contributed by atoms with Crippen LogP contribution in [0, 0.1) is 3.57 Å². The molecule has 5 nitrogen and oxygen atoms in total. The van der Waals surface area contributed by atoms with Crippen LogP contribution in [0.25, 0.3) is 0 Å². The lowest BCUT2D eigenvalue weighted by atomic mass is 10.0. The molecule has 0 aromatic heterocycles. The summed E-state index contributed by atoms with van der Waals surface area (Å²) in [6.07, 6.45) is 1.62. The number of carbonyl (C=O) groups is 2. The second kappa shape index (κ2) is 8.29. The van der Waals surface area contributed by atoms with Crippen molar-refractivity contribution in [2.24, 2.45) is 0 Å². The number of ether oxygens (including phenoxy) is 1. The number of carbonyl (C=O) groups excluding carboxylic acids is 2. The van der Waals surface area contributed by atoms with Crippen LogP contribution in [0.5, 0.6) is 5.75 Å². The molecule has 1 heterocycles. The number of benzene rings is 2. The maximum atomic E-state index is 13.0. The lowest BCUT2D eigenvalue weighted by Crippen LogP contribution is -2.55. The van der Waals surface area contributed by atoms with Crippen molar-refractivity contribution in [2.45, 2.75) is 39.2 Å². The van der Waals surface area contributed by atoms with Crippen molar-refractivity contribution in [2.75, 3.05) is 6.61 Å². The molecular formula is C21H22ClIN2O3. The van der Waals surface area contributed by atoms with Gasteiger partial charge in [0.05, 0.1) is 22.7 Å². The summed E-state index contributed by atoms with van der Waals surface area (Å²) < 4.78 is 6.63. The van der Waals surface area contributed by atoms with Crippen LogP contribution >= 0.6 is 34.2 Å². The van der Waals surface area contributed by atoms with Gasteiger partial charge in [0.15, 0.2) is 0 Å². The van der Waals surface area contributed by atoms with Crippen LogP contribution < -0.4 is 10.2 Å². The van der Waals surface area contributed by atoms with E-state index in [-0.39, 0.29) is 5.91 Å². The zero-order valence-corrected chi connectivity index (χ0v) is 18.9. The number of hydrogen-bond acceptors (Lipinski definition) is 3. The minimum absolute atomic E-state index is 0.283. The third-order valence-corrected chi connectivity index (χ3v) is 5.60. The molecule has 0 saturated carbocycles. The molecule has 3 rings (SSSR count). The van der Waals surface area contributed by atoms with E-state index in [1.54, 1.807) is 24.3 Å². The fraction of sp³-hybridized carbons (Fsp3) is 0.333. The van der Waals surface area contributed by atoms with Crippen molar-refractivity contribution in [3.63, 3.8) is 0 Å². The van der Waals surface area contributed by atoms with Crippen molar-refractivity contribution < 1.29 is 14.3 Å². The van der Waals surface area contributed by atoms with E-state index in [1.165, 1.54) is 5.01 Å². The summed E-state index contributed by atoms with van der Waals surface area (Å²) in [4.78, 5) is 26.0. The summed E-state index contributed by atoms with van der Waals surface area (Å²) in [5, 5.41) is 1.73. The summed E-state index contributed by atoms with van der Waals surface area (Å²) in [5.74, 6) is 0.0114. The van der Waals surface area contributed by atoms with Gasteiger partial charge in [-0.2, -0.15) is 0 Å². The molecule has 2 amide bonds. The smallest absolute Gasteiger partial charge is 0.272 e. The molecule has 148 valence electrons. The average Bonchev–Trinajstić information content (AvgIpc) is 2.65. The molecule has 0 aliphatic carbocycles. The first kappa shape index (κ1) is 20.9. The van der Waals surface area contributed by atoms with Gasteiger partial charge in [0.1, 0.15) is 5.75 Å². The number of hydrogen-bond donors (Lipinski definition) is 1. The molecule has 0 bridgehead atoms. The highest BCUT2D eigenvalue weighted by Gasteiger charge is 2.30. The second-order valence-electron chi connectivity index (χ2n) is 7.62. The fourth-order valence-electron chi connectivity index (χ4n) is 2.98. The lowest BCUT2D eigenvalue weighted by molar-refractivity contribution is 0.0358. The molecule has 0 atom stereocenters. The molecule has 1 aliphatic rings. The maximum Gasteiger partial charge on any atom is 0.272 e. The zero-order chi connectivity index (χ0) is 20.5. The van der Waals surface area contributed by atoms with E-state index in [9.17, 15) is 9.59 Å². The number of rotatable bonds is 2. The van der Waals surface area contributed by atoms with Gasteiger partial charge in [0.2, 0.25) is 0 Å². The summed E-state index contributed by atoms with van der Waals surface area (Å²) in [6, 6.07) is 10.6. The van der Waals surface area contributed by atoms with Crippen molar-refractivity contribution >= 4 is 46.0 Å². The Morgan fingerprint density at radius 3 is 2.46 bits per heavy atom. The quantitative estimate of drug-likeness (QED) is 0.462. The Bertz CT molecular complexity index is 907. The number of hydrazine groups is 1. The highest BCUT2D eigenvalue weighted by Crippen LogP contribution is 2.33. The molecule has 0 fully saturated rings. The number of amides is 2. The number of fused-ring (bicyclic) bond motifs is 1. The van der Waals surface area contributed by atoms with Gasteiger partial charge in [0, 0.05) is 14.7 Å². The predicted octanol–water partition coefficient (Wildman–Crippen LogP) is 4.86. The number of halogens is 2. The lowest BCUT2D eigenvalue weighted by Gasteiger charge is -2.35. The van der Waals surface area contributed by atoms with Gasteiger partial charge in [-0.1, -0.05) is 11.6 Å². The number of nitrogens with zero attached hydrogens (tertiary/aromatic N) is 1. The van der Waals surface area contributed by atoms with Crippen LogP contribution in [0.4, 0.5) is 0 Å². The van der Waals surface area contributed by atoms with E-state index in [1.807, 2.05) is 32.9 Å². The fourth-order valence-corrected chi connectivity index (χ4v) is 3.68. The standard InChI is InChI=1S/C21H22ClIN2O3/c1-21(2,3)25(20(27)13-6-8-14(23)9-7-13)24-19(26)16-10-11-17-15(18(16)22)5-4-12-28-17/h6-11H,4-5,12H2,1-3H3,(H,24,26). The van der Waals surface area contributed by atoms with Crippen LogP contribution in [-0.4, -0.2) is 29.0 Å². The highest BCUT2D eigenvalue weighted by atomic mass is 127. The zero-order valence-electron chi connectivity index (χ0n) is 16.0. The SMILES string of the molecule is CC(C)(C)N(NC(=O)c1ccc2c(c1Cl)CCCO2)C(=O)c1ccc(I)cc1. The Morgan fingerprint density at radius 1 is 1.14 bits per heavy atom. The topological polar surface area (TPSA) is 58.6 Å². The molecule has 28 heavy (non-hydrogen) atoms. The normalized spacial score (nSPS) is 13.3. The van der Waals surface area contributed by atoms with Crippen LogP contribution in [0.2, 0.25) is 5.02 Å². The molecule has 7 heteroatoms. The molecule has 2 aromatic carbocycles. The third-order valence-electron chi connectivity index (χ3n) is 4.45. The first-order valence-corrected chi connectivity index (χ1v) is 10.5. The molecule has 1 aliphatic heterocycles. The third kappa shape index (κ3) is 4.43. The van der Waals surface area contributed by atoms with Crippen molar-refractivity contribution in [1.29, 1.82) is 0 Å². The summed E-state index contributed by atoms with van der Waals surface area (Å²) in [5.41, 5.74) is 3.80. The summed E-state index contributed by atoms with van der Waals surface area (Å²) in [7, 11) is 0. The van der Waals surface area contributed by atoms with E-state index in [0.717, 1.165) is 27.7 Å². The molecule has 2 aromatic rings. The Kier molecular flexibility index (Phi) is 6.19. The minimum atomic E-state index is -0.625. The molecule has 0 spiro atoms. The van der Waals surface area contributed by atoms with E-state index in [0.29, 0.717) is 22.8 Å². The Balaban J connectivity index is 1.88. The van der Waals surface area contributed by atoms with E-state index >= 15 is 0 Å². The van der Waals surface area contributed by atoms with Gasteiger partial charge < -0.3 is 4.74 Å². The van der Waals surface area contributed by atoms with Crippen molar-refractivity contribution in [3.05, 3.63) is 61.7 Å². The molecule has 0 unspecified atom stereocenters. The van der Waals surface area contributed by atoms with Gasteiger partial charge in [-0.15, -0.1) is 0 Å². The second-order valence-corrected chi connectivity index (χ2v) is 9.24. The molecule has 0 saturated heterocycles. The van der Waals surface area contributed by atoms with Crippen LogP contribution in [-0.2, 0) is 6.42 Å². The first-order chi connectivity index (χ1) is 13.2. The van der Waals surface area contributed by atoms with Crippen LogP contribution in [0.3, 0.4) is 0 Å². The van der Waals surface area contributed by atoms with E-state index < -0.39 is 11.4 Å².